The van der Waals surface area contributed by atoms with Crippen molar-refractivity contribution in [3.63, 3.8) is 0 Å². The van der Waals surface area contributed by atoms with E-state index in [0.717, 1.165) is 10.2 Å². The Labute approximate surface area is 135 Å². The first-order valence-corrected chi connectivity index (χ1v) is 7.74. The molecule has 1 aromatic carbocycles. The smallest absolute Gasteiger partial charge is 0.318 e. The van der Waals surface area contributed by atoms with Crippen LogP contribution in [0.5, 0.6) is 11.5 Å². The summed E-state index contributed by atoms with van der Waals surface area (Å²) in [4.78, 5) is 16.8. The van der Waals surface area contributed by atoms with E-state index < -0.39 is 5.91 Å². The number of methoxy groups -OCH3 is 2. The van der Waals surface area contributed by atoms with Crippen LogP contribution in [0.4, 0.5) is 0 Å². The van der Waals surface area contributed by atoms with E-state index in [4.69, 9.17) is 14.0 Å². The van der Waals surface area contributed by atoms with Crippen LogP contribution in [-0.2, 0) is 6.54 Å². The first-order chi connectivity index (χ1) is 11.2. The van der Waals surface area contributed by atoms with Crippen LogP contribution in [0.2, 0.25) is 0 Å². The maximum atomic E-state index is 12.1. The molecule has 3 aromatic rings. The second-order valence-electron chi connectivity index (χ2n) is 4.60. The van der Waals surface area contributed by atoms with E-state index in [1.807, 2.05) is 23.6 Å². The summed E-state index contributed by atoms with van der Waals surface area (Å²) in [5.74, 6) is 0.918. The van der Waals surface area contributed by atoms with Crippen molar-refractivity contribution in [2.24, 2.45) is 4.99 Å². The van der Waals surface area contributed by atoms with Gasteiger partial charge in [0.25, 0.3) is 0 Å². The Balaban J connectivity index is 2.19. The molecule has 8 heteroatoms. The fourth-order valence-corrected chi connectivity index (χ4v) is 3.36. The third kappa shape index (κ3) is 2.72. The van der Waals surface area contributed by atoms with E-state index in [-0.39, 0.29) is 5.76 Å². The van der Waals surface area contributed by atoms with Crippen LogP contribution < -0.4 is 14.3 Å². The minimum absolute atomic E-state index is 0.111. The highest BCUT2D eigenvalue weighted by Gasteiger charge is 2.14. The fourth-order valence-electron chi connectivity index (χ4n) is 2.26. The van der Waals surface area contributed by atoms with Crippen molar-refractivity contribution >= 4 is 27.5 Å². The number of benzene rings is 1. The van der Waals surface area contributed by atoms with Crippen molar-refractivity contribution in [2.45, 2.75) is 13.5 Å². The molecule has 0 saturated carbocycles. The molecule has 7 nitrogen and oxygen atoms in total. The molecule has 120 valence electrons. The molecule has 0 unspecified atom stereocenters. The summed E-state index contributed by atoms with van der Waals surface area (Å²) in [5, 5.41) is 3.52. The molecule has 3 rings (SSSR count). The number of nitrogens with zero attached hydrogens (tertiary/aromatic N) is 3. The first kappa shape index (κ1) is 15.3. The Bertz CT molecular complexity index is 909. The Morgan fingerprint density at radius 2 is 2.09 bits per heavy atom. The first-order valence-electron chi connectivity index (χ1n) is 6.93. The van der Waals surface area contributed by atoms with Gasteiger partial charge in [0.2, 0.25) is 5.76 Å². The van der Waals surface area contributed by atoms with E-state index in [2.05, 4.69) is 10.1 Å². The molecule has 0 saturated heterocycles. The summed E-state index contributed by atoms with van der Waals surface area (Å²) in [6, 6.07) is 5.25. The zero-order valence-corrected chi connectivity index (χ0v) is 13.7. The van der Waals surface area contributed by atoms with Crippen molar-refractivity contribution in [3.05, 3.63) is 35.0 Å². The number of fused-ring (bicyclic) bond motifs is 1. The molecule has 0 atom stereocenters. The van der Waals surface area contributed by atoms with Gasteiger partial charge in [0.05, 0.1) is 30.6 Å². The summed E-state index contributed by atoms with van der Waals surface area (Å²) in [7, 11) is 3.18. The van der Waals surface area contributed by atoms with Crippen LogP contribution in [0.1, 0.15) is 17.5 Å². The van der Waals surface area contributed by atoms with Crippen molar-refractivity contribution in [1.82, 2.24) is 9.72 Å². The second kappa shape index (κ2) is 6.25. The van der Waals surface area contributed by atoms with Crippen molar-refractivity contribution in [2.75, 3.05) is 14.2 Å². The summed E-state index contributed by atoms with van der Waals surface area (Å²) in [6.45, 7) is 2.65. The van der Waals surface area contributed by atoms with Crippen molar-refractivity contribution in [1.29, 1.82) is 0 Å². The van der Waals surface area contributed by atoms with Crippen molar-refractivity contribution < 1.29 is 18.8 Å². The number of ether oxygens (including phenoxy) is 2. The molecular weight excluding hydrogens is 318 g/mol. The van der Waals surface area contributed by atoms with Gasteiger partial charge in [0, 0.05) is 24.7 Å². The minimum atomic E-state index is -0.463. The molecule has 0 fully saturated rings. The molecule has 0 aliphatic heterocycles. The standard InChI is InChI=1S/C15H15N3O4S/c1-4-18-9-7-11(20-2)12(21-3)8-13(9)23-15(18)17-14(19)10-5-6-16-22-10/h5-8H,4H2,1-3H3. The Morgan fingerprint density at radius 1 is 1.35 bits per heavy atom. The molecular formula is C15H15N3O4S. The second-order valence-corrected chi connectivity index (χ2v) is 5.61. The largest absolute Gasteiger partial charge is 0.493 e. The average molecular weight is 333 g/mol. The maximum Gasteiger partial charge on any atom is 0.318 e. The van der Waals surface area contributed by atoms with Gasteiger partial charge in [-0.25, -0.2) is 0 Å². The van der Waals surface area contributed by atoms with Crippen LogP contribution in [-0.4, -0.2) is 29.9 Å². The van der Waals surface area contributed by atoms with Gasteiger partial charge in [-0.2, -0.15) is 4.99 Å². The molecule has 23 heavy (non-hydrogen) atoms. The minimum Gasteiger partial charge on any atom is -0.493 e. The lowest BCUT2D eigenvalue weighted by atomic mass is 10.3. The lowest BCUT2D eigenvalue weighted by Crippen LogP contribution is -2.15. The molecule has 1 amide bonds. The summed E-state index contributed by atoms with van der Waals surface area (Å²) in [6.07, 6.45) is 1.41. The third-order valence-corrected chi connectivity index (χ3v) is 4.39. The number of hydrogen-bond donors (Lipinski definition) is 0. The molecule has 0 aliphatic rings. The number of carbonyl (C=O) groups excluding carboxylic acids is 1. The highest BCUT2D eigenvalue weighted by molar-refractivity contribution is 7.16. The number of amides is 1. The predicted octanol–water partition coefficient (Wildman–Crippen LogP) is 2.47. The van der Waals surface area contributed by atoms with Gasteiger partial charge in [-0.05, 0) is 6.92 Å². The molecule has 0 bridgehead atoms. The SMILES string of the molecule is CCn1c(=NC(=O)c2ccno2)sc2cc(OC)c(OC)cc21. The lowest BCUT2D eigenvalue weighted by molar-refractivity contribution is 0.0962. The zero-order valence-electron chi connectivity index (χ0n) is 12.9. The topological polar surface area (TPSA) is 78.9 Å². The Kier molecular flexibility index (Phi) is 4.16. The Morgan fingerprint density at radius 3 is 2.70 bits per heavy atom. The van der Waals surface area contributed by atoms with Crippen LogP contribution in [0.25, 0.3) is 10.2 Å². The third-order valence-electron chi connectivity index (χ3n) is 3.35. The highest BCUT2D eigenvalue weighted by Crippen LogP contribution is 2.33. The summed E-state index contributed by atoms with van der Waals surface area (Å²) >= 11 is 1.40. The number of carbonyl (C=O) groups is 1. The average Bonchev–Trinajstić information content (AvgIpc) is 3.20. The van der Waals surface area contributed by atoms with Gasteiger partial charge in [0.1, 0.15) is 0 Å². The molecule has 0 radical (unpaired) electrons. The van der Waals surface area contributed by atoms with Crippen LogP contribution in [0, 0.1) is 0 Å². The van der Waals surface area contributed by atoms with Gasteiger partial charge >= 0.3 is 5.91 Å². The maximum absolute atomic E-state index is 12.1. The van der Waals surface area contributed by atoms with Crippen LogP contribution in [0.15, 0.2) is 33.9 Å². The number of aryl methyl sites for hydroxylation is 1. The molecule has 2 aromatic heterocycles. The van der Waals surface area contributed by atoms with E-state index in [9.17, 15) is 4.79 Å². The highest BCUT2D eigenvalue weighted by atomic mass is 32.1. The van der Waals surface area contributed by atoms with Gasteiger partial charge in [-0.1, -0.05) is 16.5 Å². The fraction of sp³-hybridized carbons (Fsp3) is 0.267. The molecule has 0 aliphatic carbocycles. The number of hydrogen-bond acceptors (Lipinski definition) is 6. The molecule has 0 N–H and O–H groups in total. The number of rotatable bonds is 4. The van der Waals surface area contributed by atoms with Gasteiger partial charge in [-0.15, -0.1) is 0 Å². The van der Waals surface area contributed by atoms with E-state index in [0.29, 0.717) is 22.8 Å². The zero-order chi connectivity index (χ0) is 16.4. The summed E-state index contributed by atoms with van der Waals surface area (Å²) < 4.78 is 18.4. The van der Waals surface area contributed by atoms with E-state index in [1.165, 1.54) is 23.6 Å². The van der Waals surface area contributed by atoms with Crippen molar-refractivity contribution in [3.8, 4) is 11.5 Å². The van der Waals surface area contributed by atoms with E-state index in [1.54, 1.807) is 14.2 Å². The van der Waals surface area contributed by atoms with Gasteiger partial charge in [-0.3, -0.25) is 4.79 Å². The molecule has 2 heterocycles. The van der Waals surface area contributed by atoms with Crippen LogP contribution in [0.3, 0.4) is 0 Å². The summed E-state index contributed by atoms with van der Waals surface area (Å²) in [5.41, 5.74) is 0.930. The Hall–Kier alpha value is -2.61. The van der Waals surface area contributed by atoms with E-state index >= 15 is 0 Å². The molecule has 0 spiro atoms. The van der Waals surface area contributed by atoms with Crippen LogP contribution >= 0.6 is 11.3 Å². The number of aromatic nitrogens is 2. The number of thiazole rings is 1. The predicted molar refractivity (Wildman–Crippen MR) is 85.0 cm³/mol. The quantitative estimate of drug-likeness (QED) is 0.733. The van der Waals surface area contributed by atoms with Gasteiger partial charge in [0.15, 0.2) is 16.3 Å². The normalized spacial score (nSPS) is 11.9. The monoisotopic (exact) mass is 333 g/mol. The lowest BCUT2D eigenvalue weighted by Gasteiger charge is -2.08. The van der Waals surface area contributed by atoms with Gasteiger partial charge < -0.3 is 18.6 Å².